The minimum Gasteiger partial charge on any atom is -0.453 e. The minimum atomic E-state index is -4.61. The first-order valence-electron chi connectivity index (χ1n) is 7.04. The largest absolute Gasteiger partial charge is 0.453 e. The molecule has 9 nitrogen and oxygen atoms in total. The van der Waals surface area contributed by atoms with Crippen LogP contribution in [-0.2, 0) is 24.7 Å². The second-order valence-electron chi connectivity index (χ2n) is 5.27. The SMILES string of the molecule is COC(=O)Nc1ccc(N)c(S(=O)(=O)c2ccc(C)c(S(=O)(=O)O)c2)c1. The number of hydrogen-bond donors (Lipinski definition) is 3. The van der Waals surface area contributed by atoms with E-state index in [1.807, 2.05) is 0 Å². The van der Waals surface area contributed by atoms with Crippen LogP contribution in [0, 0.1) is 6.92 Å². The van der Waals surface area contributed by atoms with Gasteiger partial charge in [0.15, 0.2) is 0 Å². The summed E-state index contributed by atoms with van der Waals surface area (Å²) in [6.07, 6.45) is -0.804. The summed E-state index contributed by atoms with van der Waals surface area (Å²) in [6, 6.07) is 7.07. The van der Waals surface area contributed by atoms with Crippen molar-refractivity contribution >= 4 is 37.4 Å². The first-order valence-corrected chi connectivity index (χ1v) is 9.97. The van der Waals surface area contributed by atoms with E-state index in [2.05, 4.69) is 10.1 Å². The topological polar surface area (TPSA) is 153 Å². The van der Waals surface area contributed by atoms with Crippen LogP contribution in [0.15, 0.2) is 51.1 Å². The molecule has 0 saturated carbocycles. The van der Waals surface area contributed by atoms with Gasteiger partial charge in [0, 0.05) is 5.69 Å². The van der Waals surface area contributed by atoms with E-state index in [0.717, 1.165) is 19.2 Å². The van der Waals surface area contributed by atoms with E-state index in [-0.39, 0.29) is 26.7 Å². The zero-order chi connectivity index (χ0) is 19.7. The van der Waals surface area contributed by atoms with E-state index in [9.17, 15) is 26.2 Å². The maximum atomic E-state index is 12.9. The monoisotopic (exact) mass is 400 g/mol. The normalized spacial score (nSPS) is 11.8. The lowest BCUT2D eigenvalue weighted by atomic mass is 10.2. The smallest absolute Gasteiger partial charge is 0.411 e. The summed E-state index contributed by atoms with van der Waals surface area (Å²) in [4.78, 5) is 10.0. The number of benzene rings is 2. The van der Waals surface area contributed by atoms with Gasteiger partial charge in [-0.25, -0.2) is 13.2 Å². The van der Waals surface area contributed by atoms with Gasteiger partial charge in [-0.3, -0.25) is 9.87 Å². The average molecular weight is 400 g/mol. The molecule has 0 aliphatic carbocycles. The predicted molar refractivity (Wildman–Crippen MR) is 93.3 cm³/mol. The molecular formula is C15H16N2O7S2. The quantitative estimate of drug-likeness (QED) is 0.519. The van der Waals surface area contributed by atoms with Crippen LogP contribution in [0.5, 0.6) is 0 Å². The van der Waals surface area contributed by atoms with E-state index >= 15 is 0 Å². The number of carbonyl (C=O) groups excluding carboxylic acids is 1. The summed E-state index contributed by atoms with van der Waals surface area (Å²) in [7, 11) is -7.69. The Kier molecular flexibility index (Phi) is 5.26. The molecule has 0 aliphatic heterocycles. The number of nitrogens with one attached hydrogen (secondary N) is 1. The van der Waals surface area contributed by atoms with Gasteiger partial charge in [-0.1, -0.05) is 6.07 Å². The molecule has 0 aromatic heterocycles. The van der Waals surface area contributed by atoms with Crippen molar-refractivity contribution in [3.8, 4) is 0 Å². The van der Waals surface area contributed by atoms with Crippen LogP contribution in [0.3, 0.4) is 0 Å². The molecule has 2 aromatic rings. The highest BCUT2D eigenvalue weighted by Crippen LogP contribution is 2.30. The maximum Gasteiger partial charge on any atom is 0.411 e. The highest BCUT2D eigenvalue weighted by molar-refractivity contribution is 7.91. The molecule has 0 heterocycles. The Bertz CT molecular complexity index is 1080. The third-order valence-corrected chi connectivity index (χ3v) is 6.29. The summed E-state index contributed by atoms with van der Waals surface area (Å²) in [6.45, 7) is 1.41. The second kappa shape index (κ2) is 6.94. The third kappa shape index (κ3) is 3.95. The molecule has 2 aromatic carbocycles. The third-order valence-electron chi connectivity index (χ3n) is 3.48. The zero-order valence-corrected chi connectivity index (χ0v) is 15.4. The molecule has 0 radical (unpaired) electrons. The number of sulfone groups is 1. The van der Waals surface area contributed by atoms with Crippen molar-refractivity contribution in [2.24, 2.45) is 0 Å². The number of ether oxygens (including phenoxy) is 1. The lowest BCUT2D eigenvalue weighted by Gasteiger charge is -2.12. The molecule has 140 valence electrons. The Morgan fingerprint density at radius 1 is 1.08 bits per heavy atom. The highest BCUT2D eigenvalue weighted by atomic mass is 32.2. The first kappa shape index (κ1) is 19.7. The molecule has 11 heteroatoms. The molecule has 0 unspecified atom stereocenters. The Balaban J connectivity index is 2.61. The molecule has 0 bridgehead atoms. The van der Waals surface area contributed by atoms with Crippen LogP contribution in [0.25, 0.3) is 0 Å². The zero-order valence-electron chi connectivity index (χ0n) is 13.8. The summed E-state index contributed by atoms with van der Waals surface area (Å²) < 4.78 is 62.2. The number of rotatable bonds is 4. The van der Waals surface area contributed by atoms with E-state index in [0.29, 0.717) is 0 Å². The number of carbonyl (C=O) groups is 1. The Hall–Kier alpha value is -2.63. The van der Waals surface area contributed by atoms with Gasteiger partial charge in [-0.15, -0.1) is 0 Å². The number of anilines is 2. The maximum absolute atomic E-state index is 12.9. The van der Waals surface area contributed by atoms with Crippen LogP contribution < -0.4 is 11.1 Å². The fourth-order valence-electron chi connectivity index (χ4n) is 2.17. The van der Waals surface area contributed by atoms with Gasteiger partial charge in [0.25, 0.3) is 10.1 Å². The average Bonchev–Trinajstić information content (AvgIpc) is 2.55. The molecule has 0 atom stereocenters. The van der Waals surface area contributed by atoms with Crippen LogP contribution in [-0.4, -0.2) is 34.6 Å². The van der Waals surface area contributed by atoms with Crippen LogP contribution in [0.4, 0.5) is 16.2 Å². The van der Waals surface area contributed by atoms with Crippen LogP contribution >= 0.6 is 0 Å². The lowest BCUT2D eigenvalue weighted by molar-refractivity contribution is 0.187. The number of nitrogen functional groups attached to an aromatic ring is 1. The molecule has 1 amide bonds. The molecule has 0 fully saturated rings. The molecule has 0 spiro atoms. The number of hydrogen-bond acceptors (Lipinski definition) is 7. The van der Waals surface area contributed by atoms with Crippen molar-refractivity contribution in [1.29, 1.82) is 0 Å². The molecule has 0 saturated heterocycles. The van der Waals surface area contributed by atoms with E-state index < -0.39 is 30.9 Å². The van der Waals surface area contributed by atoms with Gasteiger partial charge in [-0.2, -0.15) is 8.42 Å². The second-order valence-corrected chi connectivity index (χ2v) is 8.58. The van der Waals surface area contributed by atoms with Crippen molar-refractivity contribution < 1.29 is 30.9 Å². The number of amides is 1. The van der Waals surface area contributed by atoms with Gasteiger partial charge in [-0.05, 0) is 42.8 Å². The van der Waals surface area contributed by atoms with Crippen LogP contribution in [0.2, 0.25) is 0 Å². The van der Waals surface area contributed by atoms with Gasteiger partial charge < -0.3 is 10.5 Å². The molecular weight excluding hydrogens is 384 g/mol. The Morgan fingerprint density at radius 2 is 1.73 bits per heavy atom. The van der Waals surface area contributed by atoms with E-state index in [1.54, 1.807) is 0 Å². The molecule has 2 rings (SSSR count). The summed E-state index contributed by atoms with van der Waals surface area (Å²) in [5, 5.41) is 2.31. The number of aryl methyl sites for hydroxylation is 1. The van der Waals surface area contributed by atoms with Crippen molar-refractivity contribution in [2.75, 3.05) is 18.2 Å². The van der Waals surface area contributed by atoms with Gasteiger partial charge in [0.05, 0.1) is 27.5 Å². The van der Waals surface area contributed by atoms with Crippen molar-refractivity contribution in [3.05, 3.63) is 42.0 Å². The van der Waals surface area contributed by atoms with Gasteiger partial charge >= 0.3 is 6.09 Å². The Morgan fingerprint density at radius 3 is 2.31 bits per heavy atom. The van der Waals surface area contributed by atoms with Crippen molar-refractivity contribution in [1.82, 2.24) is 0 Å². The molecule has 4 N–H and O–H groups in total. The van der Waals surface area contributed by atoms with E-state index in [1.165, 1.54) is 31.2 Å². The van der Waals surface area contributed by atoms with Crippen molar-refractivity contribution in [2.45, 2.75) is 21.6 Å². The predicted octanol–water partition coefficient (Wildman–Crippen LogP) is 1.84. The summed E-state index contributed by atoms with van der Waals surface area (Å²) >= 11 is 0. The van der Waals surface area contributed by atoms with Crippen LogP contribution in [0.1, 0.15) is 5.56 Å². The standard InChI is InChI=1S/C15H16N2O7S2/c1-9-3-5-11(8-13(9)26(21,22)23)25(19,20)14-7-10(4-6-12(14)16)17-15(18)24-2/h3-8H,16H2,1-2H3,(H,17,18)(H,21,22,23). The highest BCUT2D eigenvalue weighted by Gasteiger charge is 2.24. The summed E-state index contributed by atoms with van der Waals surface area (Å²) in [5.41, 5.74) is 5.94. The van der Waals surface area contributed by atoms with Gasteiger partial charge in [0.1, 0.15) is 0 Å². The lowest BCUT2D eigenvalue weighted by Crippen LogP contribution is -2.13. The molecule has 26 heavy (non-hydrogen) atoms. The number of nitrogens with two attached hydrogens (primary N) is 1. The Labute approximate surface area is 150 Å². The first-order chi connectivity index (χ1) is 12.0. The molecule has 0 aliphatic rings. The fourth-order valence-corrected chi connectivity index (χ4v) is 4.43. The summed E-state index contributed by atoms with van der Waals surface area (Å²) in [5.74, 6) is 0. The van der Waals surface area contributed by atoms with E-state index in [4.69, 9.17) is 5.73 Å². The minimum absolute atomic E-state index is 0.102. The fraction of sp³-hybridized carbons (Fsp3) is 0.133. The van der Waals surface area contributed by atoms with Crippen molar-refractivity contribution in [3.63, 3.8) is 0 Å². The number of methoxy groups -OCH3 is 1. The van der Waals surface area contributed by atoms with Gasteiger partial charge in [0.2, 0.25) is 9.84 Å².